The van der Waals surface area contributed by atoms with E-state index >= 15 is 0 Å². The summed E-state index contributed by atoms with van der Waals surface area (Å²) in [6, 6.07) is 2.42. The first-order valence-corrected chi connectivity index (χ1v) is 3.94. The molecule has 14 heavy (non-hydrogen) atoms. The summed E-state index contributed by atoms with van der Waals surface area (Å²) >= 11 is 5.56. The van der Waals surface area contributed by atoms with Crippen molar-refractivity contribution in [1.29, 1.82) is 0 Å². The quantitative estimate of drug-likeness (QED) is 0.496. The molecule has 0 saturated heterocycles. The lowest BCUT2D eigenvalue weighted by Crippen LogP contribution is -2.06. The maximum Gasteiger partial charge on any atom is 0.293 e. The van der Waals surface area contributed by atoms with Crippen LogP contribution in [0.15, 0.2) is 12.1 Å². The van der Waals surface area contributed by atoms with Crippen molar-refractivity contribution in [2.45, 2.75) is 0 Å². The fourth-order valence-corrected chi connectivity index (χ4v) is 1.02. The molecular weight excluding hydrogens is 207 g/mol. The summed E-state index contributed by atoms with van der Waals surface area (Å²) < 4.78 is 13.0. The molecule has 1 aromatic rings. The molecule has 0 atom stereocenters. The van der Waals surface area contributed by atoms with E-state index in [1.54, 1.807) is 0 Å². The SMILES string of the molecule is NC(=O)C#Cc1cc(Cl)cc(F)c1N. The van der Waals surface area contributed by atoms with Crippen LogP contribution in [0.1, 0.15) is 5.56 Å². The second-order valence-corrected chi connectivity index (χ2v) is 2.90. The molecule has 3 nitrogen and oxygen atoms in total. The molecule has 0 aliphatic heterocycles. The molecule has 0 unspecified atom stereocenters. The molecular formula is C9H6ClFN2O. The summed E-state index contributed by atoms with van der Waals surface area (Å²) in [5.74, 6) is 2.87. The summed E-state index contributed by atoms with van der Waals surface area (Å²) in [6.45, 7) is 0. The summed E-state index contributed by atoms with van der Waals surface area (Å²) in [5, 5.41) is 0.158. The fourth-order valence-electron chi connectivity index (χ4n) is 0.817. The van der Waals surface area contributed by atoms with Crippen molar-refractivity contribution in [2.75, 3.05) is 5.73 Å². The average molecular weight is 213 g/mol. The minimum atomic E-state index is -0.815. The third kappa shape index (κ3) is 2.38. The van der Waals surface area contributed by atoms with E-state index < -0.39 is 11.7 Å². The highest BCUT2D eigenvalue weighted by Crippen LogP contribution is 2.20. The number of amides is 1. The van der Waals surface area contributed by atoms with Crippen LogP contribution in [-0.2, 0) is 4.79 Å². The highest BCUT2D eigenvalue weighted by molar-refractivity contribution is 6.30. The Kier molecular flexibility index (Phi) is 2.95. The van der Waals surface area contributed by atoms with E-state index in [0.29, 0.717) is 0 Å². The molecule has 5 heteroatoms. The Bertz CT molecular complexity index is 448. The molecule has 0 fully saturated rings. The molecule has 0 saturated carbocycles. The van der Waals surface area contributed by atoms with Gasteiger partial charge < -0.3 is 11.5 Å². The van der Waals surface area contributed by atoms with Crippen molar-refractivity contribution in [3.05, 3.63) is 28.5 Å². The Morgan fingerprint density at radius 1 is 1.50 bits per heavy atom. The second kappa shape index (κ2) is 3.99. The molecule has 0 aliphatic rings. The largest absolute Gasteiger partial charge is 0.395 e. The molecule has 4 N–H and O–H groups in total. The number of anilines is 1. The van der Waals surface area contributed by atoms with Crippen LogP contribution in [0.4, 0.5) is 10.1 Å². The average Bonchev–Trinajstić information content (AvgIpc) is 2.08. The van der Waals surface area contributed by atoms with Crippen LogP contribution in [0.25, 0.3) is 0 Å². The zero-order chi connectivity index (χ0) is 10.7. The molecule has 0 radical (unpaired) electrons. The van der Waals surface area contributed by atoms with E-state index in [0.717, 1.165) is 6.07 Å². The van der Waals surface area contributed by atoms with Crippen LogP contribution in [0.5, 0.6) is 0 Å². The summed E-state index contributed by atoms with van der Waals surface area (Å²) in [6.07, 6.45) is 0. The van der Waals surface area contributed by atoms with Gasteiger partial charge in [-0.1, -0.05) is 17.5 Å². The van der Waals surface area contributed by atoms with Gasteiger partial charge in [-0.2, -0.15) is 0 Å². The third-order valence-electron chi connectivity index (χ3n) is 1.41. The van der Waals surface area contributed by atoms with Crippen molar-refractivity contribution in [1.82, 2.24) is 0 Å². The molecule has 0 heterocycles. The number of hydrogen-bond acceptors (Lipinski definition) is 2. The van der Waals surface area contributed by atoms with Crippen molar-refractivity contribution in [3.8, 4) is 11.8 Å². The van der Waals surface area contributed by atoms with Gasteiger partial charge in [0.05, 0.1) is 11.3 Å². The van der Waals surface area contributed by atoms with E-state index in [2.05, 4.69) is 5.92 Å². The number of nitrogen functional groups attached to an aromatic ring is 1. The monoisotopic (exact) mass is 212 g/mol. The molecule has 1 rings (SSSR count). The summed E-state index contributed by atoms with van der Waals surface area (Å²) in [4.78, 5) is 10.3. The van der Waals surface area contributed by atoms with E-state index in [1.165, 1.54) is 6.07 Å². The van der Waals surface area contributed by atoms with Gasteiger partial charge in [0, 0.05) is 10.9 Å². The smallest absolute Gasteiger partial charge is 0.293 e. The van der Waals surface area contributed by atoms with Crippen LogP contribution in [0.2, 0.25) is 5.02 Å². The van der Waals surface area contributed by atoms with Gasteiger partial charge in [0.25, 0.3) is 5.91 Å². The van der Waals surface area contributed by atoms with Gasteiger partial charge in [-0.3, -0.25) is 4.79 Å². The molecule has 0 aromatic heterocycles. The lowest BCUT2D eigenvalue weighted by atomic mass is 10.2. The predicted octanol–water partition coefficient (Wildman–Crippen LogP) is 0.898. The van der Waals surface area contributed by atoms with Crippen LogP contribution in [-0.4, -0.2) is 5.91 Å². The zero-order valence-electron chi connectivity index (χ0n) is 6.97. The van der Waals surface area contributed by atoms with Gasteiger partial charge in [0.1, 0.15) is 5.82 Å². The number of halogens is 2. The third-order valence-corrected chi connectivity index (χ3v) is 1.63. The van der Waals surface area contributed by atoms with Crippen LogP contribution in [0.3, 0.4) is 0 Å². The number of carbonyl (C=O) groups excluding carboxylic acids is 1. The minimum Gasteiger partial charge on any atom is -0.395 e. The normalized spacial score (nSPS) is 9.00. The van der Waals surface area contributed by atoms with Gasteiger partial charge in [0.2, 0.25) is 0 Å². The Labute approximate surface area is 84.8 Å². The standard InChI is InChI=1S/C9H6ClFN2O/c10-6-3-5(1-2-8(12)14)9(13)7(11)4-6/h3-4H,13H2,(H2,12,14). The van der Waals surface area contributed by atoms with Crippen molar-refractivity contribution in [2.24, 2.45) is 5.73 Å². The summed E-state index contributed by atoms with van der Waals surface area (Å²) in [5.41, 5.74) is 10.1. The first-order chi connectivity index (χ1) is 6.50. The molecule has 1 amide bonds. The topological polar surface area (TPSA) is 69.1 Å². The van der Waals surface area contributed by atoms with Gasteiger partial charge in [0.15, 0.2) is 0 Å². The number of rotatable bonds is 0. The first kappa shape index (κ1) is 10.4. The number of hydrogen-bond donors (Lipinski definition) is 2. The second-order valence-electron chi connectivity index (χ2n) is 2.46. The van der Waals surface area contributed by atoms with Gasteiger partial charge >= 0.3 is 0 Å². The zero-order valence-corrected chi connectivity index (χ0v) is 7.73. The number of primary amides is 1. The maximum atomic E-state index is 13.0. The van der Waals surface area contributed by atoms with Crippen molar-refractivity contribution >= 4 is 23.2 Å². The van der Waals surface area contributed by atoms with E-state index in [9.17, 15) is 9.18 Å². The lowest BCUT2D eigenvalue weighted by molar-refractivity contribution is -0.112. The van der Waals surface area contributed by atoms with Crippen molar-refractivity contribution < 1.29 is 9.18 Å². The van der Waals surface area contributed by atoms with Crippen LogP contribution < -0.4 is 11.5 Å². The molecule has 1 aromatic carbocycles. The van der Waals surface area contributed by atoms with E-state index in [4.69, 9.17) is 23.1 Å². The Morgan fingerprint density at radius 3 is 2.71 bits per heavy atom. The number of benzene rings is 1. The Morgan fingerprint density at radius 2 is 2.14 bits per heavy atom. The first-order valence-electron chi connectivity index (χ1n) is 3.56. The molecule has 0 aliphatic carbocycles. The lowest BCUT2D eigenvalue weighted by Gasteiger charge is -2.00. The number of nitrogens with two attached hydrogens (primary N) is 2. The van der Waals surface area contributed by atoms with Crippen molar-refractivity contribution in [3.63, 3.8) is 0 Å². The Balaban J connectivity index is 3.23. The van der Waals surface area contributed by atoms with Gasteiger partial charge in [-0.15, -0.1) is 0 Å². The predicted molar refractivity (Wildman–Crippen MR) is 51.9 cm³/mol. The highest BCUT2D eigenvalue weighted by atomic mass is 35.5. The Hall–Kier alpha value is -1.73. The van der Waals surface area contributed by atoms with Gasteiger partial charge in [-0.05, 0) is 12.1 Å². The molecule has 0 bridgehead atoms. The van der Waals surface area contributed by atoms with Gasteiger partial charge in [-0.25, -0.2) is 4.39 Å². The fraction of sp³-hybridized carbons (Fsp3) is 0. The highest BCUT2D eigenvalue weighted by Gasteiger charge is 2.04. The minimum absolute atomic E-state index is 0.147. The molecule has 0 spiro atoms. The van der Waals surface area contributed by atoms with E-state index in [1.807, 2.05) is 5.92 Å². The van der Waals surface area contributed by atoms with Crippen LogP contribution >= 0.6 is 11.6 Å². The van der Waals surface area contributed by atoms with Crippen LogP contribution in [0, 0.1) is 17.7 Å². The number of carbonyl (C=O) groups is 1. The van der Waals surface area contributed by atoms with E-state index in [-0.39, 0.29) is 16.3 Å². The maximum absolute atomic E-state index is 13.0. The molecule has 72 valence electrons. The summed E-state index contributed by atoms with van der Waals surface area (Å²) in [7, 11) is 0.